The van der Waals surface area contributed by atoms with Gasteiger partial charge in [0.2, 0.25) is 0 Å². The number of nitrogens with one attached hydrogen (secondary N) is 1. The maximum absolute atomic E-state index is 13.0. The summed E-state index contributed by atoms with van der Waals surface area (Å²) in [6.45, 7) is 0. The van der Waals surface area contributed by atoms with E-state index in [9.17, 15) is 4.39 Å². The van der Waals surface area contributed by atoms with Crippen molar-refractivity contribution in [3.63, 3.8) is 0 Å². The molecule has 0 fully saturated rings. The lowest BCUT2D eigenvalue weighted by atomic mass is 10.1. The number of ether oxygens (including phenoxy) is 1. The number of alkyl halides is 1. The molecule has 3 aromatic rings. The van der Waals surface area contributed by atoms with Gasteiger partial charge in [0, 0.05) is 17.1 Å². The highest BCUT2D eigenvalue weighted by atomic mass is 31.0. The molecule has 1 aromatic carbocycles. The fourth-order valence-corrected chi connectivity index (χ4v) is 2.29. The number of H-pyrrole nitrogens is 1. The molecule has 0 radical (unpaired) electrons. The summed E-state index contributed by atoms with van der Waals surface area (Å²) in [5, 5.41) is 9.93. The van der Waals surface area contributed by atoms with Gasteiger partial charge in [0.1, 0.15) is 6.07 Å². The minimum absolute atomic E-state index is 0.00593. The number of benzene rings is 1. The van der Waals surface area contributed by atoms with Gasteiger partial charge in [-0.3, -0.25) is 0 Å². The van der Waals surface area contributed by atoms with Crippen molar-refractivity contribution in [3.05, 3.63) is 36.2 Å². The SMILES string of the molecule is N#Cc1cccc2c(-c3cnc(N)c(OC(F)P)n3)c[nH]c12. The van der Waals surface area contributed by atoms with Gasteiger partial charge in [-0.25, -0.2) is 9.97 Å². The molecule has 2 aromatic heterocycles. The van der Waals surface area contributed by atoms with Gasteiger partial charge in [-0.2, -0.15) is 9.65 Å². The molecular formula is C14H11FN5OP. The van der Waals surface area contributed by atoms with Crippen molar-refractivity contribution in [2.24, 2.45) is 0 Å². The van der Waals surface area contributed by atoms with Crippen LogP contribution in [-0.2, 0) is 0 Å². The van der Waals surface area contributed by atoms with E-state index in [0.29, 0.717) is 16.8 Å². The number of anilines is 1. The minimum atomic E-state index is -1.62. The summed E-state index contributed by atoms with van der Waals surface area (Å²) in [7, 11) is 1.85. The van der Waals surface area contributed by atoms with Crippen molar-refractivity contribution in [1.29, 1.82) is 5.26 Å². The average Bonchev–Trinajstić information content (AvgIpc) is 2.93. The van der Waals surface area contributed by atoms with Crippen LogP contribution in [-0.4, -0.2) is 21.1 Å². The fraction of sp³-hybridized carbons (Fsp3) is 0.0714. The van der Waals surface area contributed by atoms with E-state index >= 15 is 0 Å². The zero-order valence-corrected chi connectivity index (χ0v) is 12.4. The first-order chi connectivity index (χ1) is 10.6. The quantitative estimate of drug-likeness (QED) is 0.723. The van der Waals surface area contributed by atoms with Gasteiger partial charge in [-0.1, -0.05) is 21.4 Å². The van der Waals surface area contributed by atoms with Crippen LogP contribution in [0.5, 0.6) is 5.88 Å². The second-order valence-electron chi connectivity index (χ2n) is 4.46. The lowest BCUT2D eigenvalue weighted by Crippen LogP contribution is -2.06. The molecule has 2 atom stereocenters. The predicted molar refractivity (Wildman–Crippen MR) is 83.7 cm³/mol. The number of nitriles is 1. The normalized spacial score (nSPS) is 12.0. The van der Waals surface area contributed by atoms with Crippen LogP contribution in [0.25, 0.3) is 22.2 Å². The largest absolute Gasteiger partial charge is 0.437 e. The summed E-state index contributed by atoms with van der Waals surface area (Å²) in [6, 6.07) is 7.47. The average molecular weight is 315 g/mol. The van der Waals surface area contributed by atoms with E-state index in [-0.39, 0.29) is 11.7 Å². The fourth-order valence-electron chi connectivity index (χ4n) is 2.16. The molecule has 0 bridgehead atoms. The highest BCUT2D eigenvalue weighted by Crippen LogP contribution is 2.31. The molecular weight excluding hydrogens is 304 g/mol. The van der Waals surface area contributed by atoms with Crippen molar-refractivity contribution < 1.29 is 9.13 Å². The zero-order chi connectivity index (χ0) is 15.7. The summed E-state index contributed by atoms with van der Waals surface area (Å²) < 4.78 is 17.8. The van der Waals surface area contributed by atoms with Crippen LogP contribution in [0, 0.1) is 11.3 Å². The molecule has 0 amide bonds. The van der Waals surface area contributed by atoms with Crippen molar-refractivity contribution >= 4 is 26.0 Å². The van der Waals surface area contributed by atoms with Gasteiger partial charge in [0.15, 0.2) is 5.82 Å². The molecule has 0 saturated carbocycles. The monoisotopic (exact) mass is 315 g/mol. The molecule has 22 heavy (non-hydrogen) atoms. The molecule has 110 valence electrons. The van der Waals surface area contributed by atoms with Gasteiger partial charge in [-0.15, -0.1) is 0 Å². The number of halogens is 1. The van der Waals surface area contributed by atoms with Gasteiger partial charge in [0.05, 0.1) is 23.0 Å². The minimum Gasteiger partial charge on any atom is -0.437 e. The summed E-state index contributed by atoms with van der Waals surface area (Å²) in [5.74, 6) is -0.0720. The Bertz CT molecular complexity index is 887. The van der Waals surface area contributed by atoms with E-state index in [1.54, 1.807) is 18.3 Å². The van der Waals surface area contributed by atoms with Gasteiger partial charge in [0.25, 0.3) is 12.0 Å². The Kier molecular flexibility index (Phi) is 3.61. The third kappa shape index (κ3) is 2.45. The molecule has 3 N–H and O–H groups in total. The number of nitrogen functional groups attached to an aromatic ring is 1. The zero-order valence-electron chi connectivity index (χ0n) is 11.2. The number of para-hydroxylation sites is 1. The predicted octanol–water partition coefficient (Wildman–Crippen LogP) is 2.59. The Morgan fingerprint density at radius 2 is 2.27 bits per heavy atom. The van der Waals surface area contributed by atoms with Crippen molar-refractivity contribution in [1.82, 2.24) is 15.0 Å². The van der Waals surface area contributed by atoms with Crippen molar-refractivity contribution in [2.45, 2.75) is 6.10 Å². The molecule has 6 nitrogen and oxygen atoms in total. The third-order valence-electron chi connectivity index (χ3n) is 3.10. The molecule has 3 rings (SSSR count). The van der Waals surface area contributed by atoms with Crippen molar-refractivity contribution in [3.8, 4) is 23.2 Å². The Morgan fingerprint density at radius 3 is 3.00 bits per heavy atom. The summed E-state index contributed by atoms with van der Waals surface area (Å²) in [4.78, 5) is 11.2. The molecule has 0 aliphatic rings. The van der Waals surface area contributed by atoms with Gasteiger partial charge >= 0.3 is 0 Å². The first-order valence-corrected chi connectivity index (χ1v) is 6.96. The van der Waals surface area contributed by atoms with Crippen molar-refractivity contribution in [2.75, 3.05) is 5.73 Å². The van der Waals surface area contributed by atoms with E-state index in [2.05, 4.69) is 21.0 Å². The van der Waals surface area contributed by atoms with Gasteiger partial charge in [-0.05, 0) is 6.07 Å². The number of rotatable bonds is 3. The van der Waals surface area contributed by atoms with Gasteiger partial charge < -0.3 is 15.5 Å². The second-order valence-corrected chi connectivity index (χ2v) is 4.98. The molecule has 0 aliphatic heterocycles. The van der Waals surface area contributed by atoms with E-state index in [0.717, 1.165) is 10.9 Å². The van der Waals surface area contributed by atoms with Crippen LogP contribution in [0.3, 0.4) is 0 Å². The summed E-state index contributed by atoms with van der Waals surface area (Å²) in [6.07, 6.45) is 1.56. The maximum atomic E-state index is 13.0. The molecule has 0 spiro atoms. The lowest BCUT2D eigenvalue weighted by molar-refractivity contribution is 0.148. The Labute approximate surface area is 127 Å². The Hall–Kier alpha value is -2.71. The number of hydrogen-bond donors (Lipinski definition) is 2. The number of nitrogens with zero attached hydrogens (tertiary/aromatic N) is 3. The first-order valence-electron chi connectivity index (χ1n) is 6.29. The smallest absolute Gasteiger partial charge is 0.260 e. The molecule has 2 unspecified atom stereocenters. The third-order valence-corrected chi connectivity index (χ3v) is 3.24. The number of fused-ring (bicyclic) bond motifs is 1. The maximum Gasteiger partial charge on any atom is 0.260 e. The summed E-state index contributed by atoms with van der Waals surface area (Å²) in [5.41, 5.74) is 8.05. The van der Waals surface area contributed by atoms with Crippen LogP contribution in [0.4, 0.5) is 10.2 Å². The second kappa shape index (κ2) is 5.58. The first kappa shape index (κ1) is 14.2. The molecule has 2 heterocycles. The number of hydrogen-bond acceptors (Lipinski definition) is 5. The van der Waals surface area contributed by atoms with Crippen LogP contribution in [0.1, 0.15) is 5.56 Å². The number of nitrogens with two attached hydrogens (primary N) is 1. The topological polar surface area (TPSA) is 101 Å². The number of aromatic amines is 1. The van der Waals surface area contributed by atoms with E-state index < -0.39 is 6.10 Å². The molecule has 0 saturated heterocycles. The van der Waals surface area contributed by atoms with Crippen LogP contribution >= 0.6 is 9.24 Å². The van der Waals surface area contributed by atoms with Crippen LogP contribution in [0.2, 0.25) is 0 Å². The van der Waals surface area contributed by atoms with E-state index in [1.807, 2.05) is 15.3 Å². The Morgan fingerprint density at radius 1 is 1.45 bits per heavy atom. The number of aromatic nitrogens is 3. The standard InChI is InChI=1S/C14H11FN5OP/c15-14(22)21-13-12(17)19-6-10(20-13)9-5-18-11-7(4-16)2-1-3-8(9)11/h1-3,5-6,14,18H,22H2,(H2,17,19). The highest BCUT2D eigenvalue weighted by Gasteiger charge is 2.14. The lowest BCUT2D eigenvalue weighted by Gasteiger charge is -2.09. The molecule has 8 heteroatoms. The highest BCUT2D eigenvalue weighted by molar-refractivity contribution is 7.16. The Balaban J connectivity index is 2.14. The van der Waals surface area contributed by atoms with E-state index in [4.69, 9.17) is 15.7 Å². The van der Waals surface area contributed by atoms with Crippen LogP contribution in [0.15, 0.2) is 30.6 Å². The van der Waals surface area contributed by atoms with Crippen LogP contribution < -0.4 is 10.5 Å². The summed E-state index contributed by atoms with van der Waals surface area (Å²) >= 11 is 0. The molecule has 0 aliphatic carbocycles. The van der Waals surface area contributed by atoms with E-state index in [1.165, 1.54) is 6.20 Å².